The van der Waals surface area contributed by atoms with Crippen LogP contribution in [0.3, 0.4) is 0 Å². The number of rotatable bonds is 4. The molecule has 2 N–H and O–H groups in total. The van der Waals surface area contributed by atoms with Crippen molar-refractivity contribution < 1.29 is 9.53 Å². The molecule has 1 amide bonds. The Labute approximate surface area is 103 Å². The van der Waals surface area contributed by atoms with E-state index in [0.717, 1.165) is 12.3 Å². The average molecular weight is 240 g/mol. The van der Waals surface area contributed by atoms with Crippen LogP contribution in [0.4, 0.5) is 0 Å². The fourth-order valence-electron chi connectivity index (χ4n) is 3.10. The highest BCUT2D eigenvalue weighted by Crippen LogP contribution is 2.32. The Morgan fingerprint density at radius 2 is 2.12 bits per heavy atom. The third-order valence-electron chi connectivity index (χ3n) is 4.07. The zero-order valence-electron chi connectivity index (χ0n) is 10.7. The van der Waals surface area contributed by atoms with Crippen LogP contribution in [0.5, 0.6) is 0 Å². The fourth-order valence-corrected chi connectivity index (χ4v) is 3.10. The second-order valence-electron chi connectivity index (χ2n) is 5.23. The molecule has 98 valence electrons. The number of amides is 1. The molecule has 2 aliphatic rings. The first kappa shape index (κ1) is 12.8. The topological polar surface area (TPSA) is 50.4 Å². The summed E-state index contributed by atoms with van der Waals surface area (Å²) in [6.45, 7) is 1.20. The number of hydrogen-bond acceptors (Lipinski definition) is 3. The Morgan fingerprint density at radius 3 is 2.94 bits per heavy atom. The van der Waals surface area contributed by atoms with Gasteiger partial charge in [0.25, 0.3) is 0 Å². The molecule has 4 heteroatoms. The first-order valence-corrected chi connectivity index (χ1v) is 6.84. The van der Waals surface area contributed by atoms with E-state index in [4.69, 9.17) is 4.74 Å². The van der Waals surface area contributed by atoms with Crippen molar-refractivity contribution in [2.24, 2.45) is 5.92 Å². The van der Waals surface area contributed by atoms with Crippen LogP contribution in [-0.2, 0) is 9.53 Å². The van der Waals surface area contributed by atoms with Gasteiger partial charge in [-0.15, -0.1) is 0 Å². The molecule has 1 aliphatic carbocycles. The first-order chi connectivity index (χ1) is 8.31. The van der Waals surface area contributed by atoms with E-state index >= 15 is 0 Å². The van der Waals surface area contributed by atoms with Crippen LogP contribution in [0.2, 0.25) is 0 Å². The van der Waals surface area contributed by atoms with E-state index < -0.39 is 0 Å². The maximum Gasteiger partial charge on any atom is 0.237 e. The summed E-state index contributed by atoms with van der Waals surface area (Å²) in [5.74, 6) is 0.956. The average Bonchev–Trinajstić information content (AvgIpc) is 2.38. The zero-order chi connectivity index (χ0) is 12.1. The van der Waals surface area contributed by atoms with E-state index in [0.29, 0.717) is 19.2 Å². The Morgan fingerprint density at radius 1 is 1.29 bits per heavy atom. The second kappa shape index (κ2) is 6.36. The number of hydrogen-bond donors (Lipinski definition) is 2. The van der Waals surface area contributed by atoms with Crippen molar-refractivity contribution >= 4 is 5.91 Å². The molecular formula is C13H24N2O2. The lowest BCUT2D eigenvalue weighted by molar-refractivity contribution is -0.124. The highest BCUT2D eigenvalue weighted by atomic mass is 16.5. The Hall–Kier alpha value is -0.610. The first-order valence-electron chi connectivity index (χ1n) is 6.84. The summed E-state index contributed by atoms with van der Waals surface area (Å²) in [6, 6.07) is 0.599. The Bertz CT molecular complexity index is 258. The standard InChI is InChI=1S/C13H24N2O2/c1-17-9-8-14-13(16)12-7-6-10-4-2-3-5-11(10)15-12/h10-12,15H,2-9H2,1H3,(H,14,16). The van der Waals surface area contributed by atoms with Crippen LogP contribution in [0.15, 0.2) is 0 Å². The van der Waals surface area contributed by atoms with Gasteiger partial charge in [0, 0.05) is 19.7 Å². The Balaban J connectivity index is 1.76. The lowest BCUT2D eigenvalue weighted by atomic mass is 9.77. The van der Waals surface area contributed by atoms with Crippen LogP contribution in [0.1, 0.15) is 38.5 Å². The summed E-state index contributed by atoms with van der Waals surface area (Å²) in [4.78, 5) is 11.9. The van der Waals surface area contributed by atoms with Crippen LogP contribution >= 0.6 is 0 Å². The van der Waals surface area contributed by atoms with Gasteiger partial charge in [-0.2, -0.15) is 0 Å². The van der Waals surface area contributed by atoms with Crippen molar-refractivity contribution in [2.75, 3.05) is 20.3 Å². The van der Waals surface area contributed by atoms with Gasteiger partial charge in [0.15, 0.2) is 0 Å². The molecule has 0 radical (unpaired) electrons. The summed E-state index contributed by atoms with van der Waals surface area (Å²) < 4.78 is 4.93. The molecule has 3 atom stereocenters. The predicted molar refractivity (Wildman–Crippen MR) is 66.8 cm³/mol. The van der Waals surface area contributed by atoms with E-state index in [2.05, 4.69) is 10.6 Å². The minimum Gasteiger partial charge on any atom is -0.383 e. The second-order valence-corrected chi connectivity index (χ2v) is 5.23. The summed E-state index contributed by atoms with van der Waals surface area (Å²) in [7, 11) is 1.65. The van der Waals surface area contributed by atoms with Crippen LogP contribution < -0.4 is 10.6 Å². The van der Waals surface area contributed by atoms with Crippen molar-refractivity contribution in [3.05, 3.63) is 0 Å². The van der Waals surface area contributed by atoms with Gasteiger partial charge in [-0.25, -0.2) is 0 Å². The van der Waals surface area contributed by atoms with Crippen molar-refractivity contribution in [3.8, 4) is 0 Å². The highest BCUT2D eigenvalue weighted by Gasteiger charge is 2.34. The molecule has 1 saturated heterocycles. The third kappa shape index (κ3) is 3.42. The zero-order valence-corrected chi connectivity index (χ0v) is 10.7. The number of piperidine rings is 1. The molecule has 1 heterocycles. The number of carbonyl (C=O) groups excluding carboxylic acids is 1. The van der Waals surface area contributed by atoms with Gasteiger partial charge in [-0.05, 0) is 31.6 Å². The molecule has 0 aromatic heterocycles. The van der Waals surface area contributed by atoms with E-state index in [9.17, 15) is 4.79 Å². The molecule has 0 aromatic carbocycles. The summed E-state index contributed by atoms with van der Waals surface area (Å²) in [5.41, 5.74) is 0. The molecule has 1 saturated carbocycles. The Kier molecular flexibility index (Phi) is 4.80. The van der Waals surface area contributed by atoms with Crippen LogP contribution in [-0.4, -0.2) is 38.3 Å². The molecule has 3 unspecified atom stereocenters. The minimum atomic E-state index is 0.0196. The van der Waals surface area contributed by atoms with Gasteiger partial charge >= 0.3 is 0 Å². The summed E-state index contributed by atoms with van der Waals surface area (Å²) in [5, 5.41) is 6.45. The van der Waals surface area contributed by atoms with Gasteiger partial charge in [0.2, 0.25) is 5.91 Å². The molecule has 2 rings (SSSR count). The van der Waals surface area contributed by atoms with E-state index in [1.807, 2.05) is 0 Å². The summed E-state index contributed by atoms with van der Waals surface area (Å²) in [6.07, 6.45) is 7.46. The van der Waals surface area contributed by atoms with Crippen LogP contribution in [0, 0.1) is 5.92 Å². The number of methoxy groups -OCH3 is 1. The van der Waals surface area contributed by atoms with E-state index in [-0.39, 0.29) is 11.9 Å². The van der Waals surface area contributed by atoms with Gasteiger partial charge in [0.05, 0.1) is 12.6 Å². The molecule has 0 bridgehead atoms. The fraction of sp³-hybridized carbons (Fsp3) is 0.923. The van der Waals surface area contributed by atoms with Gasteiger partial charge in [0.1, 0.15) is 0 Å². The molecule has 1 aliphatic heterocycles. The van der Waals surface area contributed by atoms with Crippen molar-refractivity contribution in [3.63, 3.8) is 0 Å². The monoisotopic (exact) mass is 240 g/mol. The van der Waals surface area contributed by atoms with Crippen molar-refractivity contribution in [2.45, 2.75) is 50.6 Å². The third-order valence-corrected chi connectivity index (χ3v) is 4.07. The van der Waals surface area contributed by atoms with Crippen molar-refractivity contribution in [1.29, 1.82) is 0 Å². The van der Waals surface area contributed by atoms with Gasteiger partial charge in [-0.1, -0.05) is 12.8 Å². The largest absolute Gasteiger partial charge is 0.383 e. The summed E-state index contributed by atoms with van der Waals surface area (Å²) >= 11 is 0. The number of fused-ring (bicyclic) bond motifs is 1. The van der Waals surface area contributed by atoms with E-state index in [1.165, 1.54) is 32.1 Å². The molecule has 0 aromatic rings. The smallest absolute Gasteiger partial charge is 0.237 e. The predicted octanol–water partition coefficient (Wildman–Crippen LogP) is 1.06. The molecule has 2 fully saturated rings. The van der Waals surface area contributed by atoms with Gasteiger partial charge in [-0.3, -0.25) is 4.79 Å². The number of nitrogens with one attached hydrogen (secondary N) is 2. The van der Waals surface area contributed by atoms with Crippen LogP contribution in [0.25, 0.3) is 0 Å². The number of carbonyl (C=O) groups is 1. The maximum atomic E-state index is 11.9. The highest BCUT2D eigenvalue weighted by molar-refractivity contribution is 5.81. The molecule has 4 nitrogen and oxygen atoms in total. The minimum absolute atomic E-state index is 0.0196. The molecule has 0 spiro atoms. The number of ether oxygens (including phenoxy) is 1. The van der Waals surface area contributed by atoms with Crippen molar-refractivity contribution in [1.82, 2.24) is 10.6 Å². The van der Waals surface area contributed by atoms with E-state index in [1.54, 1.807) is 7.11 Å². The lowest BCUT2D eigenvalue weighted by Gasteiger charge is -2.39. The molecular weight excluding hydrogens is 216 g/mol. The van der Waals surface area contributed by atoms with Gasteiger partial charge < -0.3 is 15.4 Å². The normalized spacial score (nSPS) is 32.9. The quantitative estimate of drug-likeness (QED) is 0.722. The SMILES string of the molecule is COCCNC(=O)C1CCC2CCCCC2N1. The maximum absolute atomic E-state index is 11.9. The lowest BCUT2D eigenvalue weighted by Crippen LogP contribution is -2.55. The molecule has 17 heavy (non-hydrogen) atoms.